The van der Waals surface area contributed by atoms with Crippen LogP contribution in [0.1, 0.15) is 27.9 Å². The van der Waals surface area contributed by atoms with Crippen LogP contribution in [0.3, 0.4) is 0 Å². The van der Waals surface area contributed by atoms with Gasteiger partial charge in [0.2, 0.25) is 9.84 Å². The van der Waals surface area contributed by atoms with E-state index >= 15 is 0 Å². The summed E-state index contributed by atoms with van der Waals surface area (Å²) in [4.78, 5) is 19.4. The third-order valence-electron chi connectivity index (χ3n) is 5.67. The summed E-state index contributed by atoms with van der Waals surface area (Å²) < 4.78 is 27.8. The number of sulfone groups is 1. The fourth-order valence-electron chi connectivity index (χ4n) is 3.65. The van der Waals surface area contributed by atoms with Crippen LogP contribution in [0.15, 0.2) is 89.0 Å². The molecule has 0 fully saturated rings. The molecular formula is C26H27N3O3S. The second-order valence-corrected chi connectivity index (χ2v) is 10.3. The molecule has 170 valence electrons. The summed E-state index contributed by atoms with van der Waals surface area (Å²) in [6, 6.07) is 17.5. The van der Waals surface area contributed by atoms with Crippen molar-refractivity contribution in [3.05, 3.63) is 95.9 Å². The number of carbonyl (C=O) groups excluding carboxylic acids is 1. The monoisotopic (exact) mass is 461 g/mol. The Labute approximate surface area is 194 Å². The summed E-state index contributed by atoms with van der Waals surface area (Å²) in [7, 11) is 0.446. The van der Waals surface area contributed by atoms with E-state index in [2.05, 4.69) is 9.88 Å². The number of fused-ring (bicyclic) bond motifs is 1. The highest BCUT2D eigenvalue weighted by Gasteiger charge is 2.17. The van der Waals surface area contributed by atoms with E-state index in [0.29, 0.717) is 18.4 Å². The average molecular weight is 462 g/mol. The van der Waals surface area contributed by atoms with Crippen molar-refractivity contribution in [3.63, 3.8) is 0 Å². The second-order valence-electron chi connectivity index (χ2n) is 8.38. The Bertz CT molecular complexity index is 1360. The van der Waals surface area contributed by atoms with Crippen LogP contribution in [-0.4, -0.2) is 49.1 Å². The minimum atomic E-state index is -3.58. The van der Waals surface area contributed by atoms with Crippen molar-refractivity contribution in [2.24, 2.45) is 0 Å². The van der Waals surface area contributed by atoms with E-state index in [-0.39, 0.29) is 15.6 Å². The smallest absolute Gasteiger partial charge is 0.206 e. The van der Waals surface area contributed by atoms with Crippen molar-refractivity contribution in [1.82, 2.24) is 14.3 Å². The van der Waals surface area contributed by atoms with Gasteiger partial charge in [0, 0.05) is 37.1 Å². The molecule has 2 heterocycles. The van der Waals surface area contributed by atoms with Crippen molar-refractivity contribution in [1.29, 1.82) is 0 Å². The van der Waals surface area contributed by atoms with Crippen molar-refractivity contribution >= 4 is 21.3 Å². The van der Waals surface area contributed by atoms with E-state index < -0.39 is 9.84 Å². The number of aryl methyl sites for hydroxylation is 1. The Kier molecular flexibility index (Phi) is 6.72. The van der Waals surface area contributed by atoms with E-state index in [0.717, 1.165) is 29.7 Å². The fourth-order valence-corrected chi connectivity index (χ4v) is 4.91. The van der Waals surface area contributed by atoms with E-state index in [9.17, 15) is 13.2 Å². The summed E-state index contributed by atoms with van der Waals surface area (Å²) in [6.07, 6.45) is 7.05. The van der Waals surface area contributed by atoms with Crippen LogP contribution >= 0.6 is 0 Å². The zero-order valence-electron chi connectivity index (χ0n) is 18.8. The standard InChI is InChI=1S/C26H27N3O3S/c1-28(2)17-15-21-5-11-24(12-6-21)33(31,32)23-9-3-20(4-10-23)7-13-25(30)22-8-14-26-27-16-18-29(26)19-22/h3-6,8-12,14,16,18-19H,7,13,15,17H2,1-2H3. The number of rotatable bonds is 9. The summed E-state index contributed by atoms with van der Waals surface area (Å²) in [5.74, 6) is 0.0386. The normalized spacial score (nSPS) is 11.8. The van der Waals surface area contributed by atoms with Gasteiger partial charge in [-0.15, -0.1) is 0 Å². The Balaban J connectivity index is 1.40. The maximum absolute atomic E-state index is 13.0. The molecule has 2 aromatic heterocycles. The summed E-state index contributed by atoms with van der Waals surface area (Å²) in [5.41, 5.74) is 3.46. The van der Waals surface area contributed by atoms with Gasteiger partial charge in [-0.2, -0.15) is 0 Å². The first kappa shape index (κ1) is 22.9. The number of hydrogen-bond acceptors (Lipinski definition) is 5. The lowest BCUT2D eigenvalue weighted by molar-refractivity contribution is 0.0982. The first-order valence-corrected chi connectivity index (χ1v) is 12.3. The van der Waals surface area contributed by atoms with Gasteiger partial charge in [0.25, 0.3) is 0 Å². The fraction of sp³-hybridized carbons (Fsp3) is 0.231. The van der Waals surface area contributed by atoms with Gasteiger partial charge >= 0.3 is 0 Å². The van der Waals surface area contributed by atoms with Crippen LogP contribution in [-0.2, 0) is 22.7 Å². The predicted molar refractivity (Wildman–Crippen MR) is 128 cm³/mol. The first-order valence-electron chi connectivity index (χ1n) is 10.9. The number of likely N-dealkylation sites (N-methyl/N-ethyl adjacent to an activating group) is 1. The van der Waals surface area contributed by atoms with Gasteiger partial charge in [0.15, 0.2) is 5.78 Å². The van der Waals surface area contributed by atoms with Crippen molar-refractivity contribution in [2.75, 3.05) is 20.6 Å². The molecule has 0 bridgehead atoms. The summed E-state index contributed by atoms with van der Waals surface area (Å²) in [6.45, 7) is 0.911. The number of pyridine rings is 1. The average Bonchev–Trinajstić information content (AvgIpc) is 3.30. The van der Waals surface area contributed by atoms with Crippen molar-refractivity contribution in [2.45, 2.75) is 29.1 Å². The molecule has 7 heteroatoms. The van der Waals surface area contributed by atoms with Crippen molar-refractivity contribution < 1.29 is 13.2 Å². The van der Waals surface area contributed by atoms with Gasteiger partial charge in [-0.05, 0) is 74.5 Å². The maximum Gasteiger partial charge on any atom is 0.206 e. The van der Waals surface area contributed by atoms with Crippen LogP contribution in [0.2, 0.25) is 0 Å². The number of Topliss-reactive ketones (excluding diaryl/α,β-unsaturated/α-hetero) is 1. The largest absolute Gasteiger partial charge is 0.309 e. The van der Waals surface area contributed by atoms with E-state index in [4.69, 9.17) is 0 Å². The second kappa shape index (κ2) is 9.68. The molecule has 2 aromatic carbocycles. The Morgan fingerprint density at radius 2 is 1.48 bits per heavy atom. The van der Waals surface area contributed by atoms with E-state index in [1.165, 1.54) is 0 Å². The molecule has 0 radical (unpaired) electrons. The summed E-state index contributed by atoms with van der Waals surface area (Å²) >= 11 is 0. The number of ketones is 1. The Morgan fingerprint density at radius 1 is 0.879 bits per heavy atom. The molecule has 0 aliphatic rings. The molecular weight excluding hydrogens is 434 g/mol. The SMILES string of the molecule is CN(C)CCc1ccc(S(=O)(=O)c2ccc(CCC(=O)c3ccc4nccn4c3)cc2)cc1. The number of aromatic nitrogens is 2. The molecule has 0 saturated carbocycles. The lowest BCUT2D eigenvalue weighted by Gasteiger charge is -2.10. The lowest BCUT2D eigenvalue weighted by Crippen LogP contribution is -2.15. The minimum Gasteiger partial charge on any atom is -0.309 e. The van der Waals surface area contributed by atoms with Gasteiger partial charge in [0.05, 0.1) is 9.79 Å². The van der Waals surface area contributed by atoms with Crippen molar-refractivity contribution in [3.8, 4) is 0 Å². The molecule has 4 aromatic rings. The Hall–Kier alpha value is -3.29. The minimum absolute atomic E-state index is 0.0386. The summed E-state index contributed by atoms with van der Waals surface area (Å²) in [5, 5.41) is 0. The number of hydrogen-bond donors (Lipinski definition) is 0. The number of imidazole rings is 1. The zero-order chi connectivity index (χ0) is 23.4. The molecule has 0 atom stereocenters. The number of carbonyl (C=O) groups is 1. The molecule has 0 amide bonds. The van der Waals surface area contributed by atoms with Gasteiger partial charge in [-0.25, -0.2) is 13.4 Å². The highest BCUT2D eigenvalue weighted by atomic mass is 32.2. The molecule has 0 spiro atoms. The molecule has 0 aliphatic heterocycles. The molecule has 4 rings (SSSR count). The van der Waals surface area contributed by atoms with Crippen LogP contribution in [0.25, 0.3) is 5.65 Å². The maximum atomic E-state index is 13.0. The van der Waals surface area contributed by atoms with E-state index in [1.807, 2.05) is 42.9 Å². The highest BCUT2D eigenvalue weighted by molar-refractivity contribution is 7.91. The molecule has 0 N–H and O–H groups in total. The molecule has 6 nitrogen and oxygen atoms in total. The topological polar surface area (TPSA) is 71.8 Å². The van der Waals surface area contributed by atoms with Crippen LogP contribution < -0.4 is 0 Å². The third kappa shape index (κ3) is 5.38. The lowest BCUT2D eigenvalue weighted by atomic mass is 10.0. The Morgan fingerprint density at radius 3 is 2.09 bits per heavy atom. The number of nitrogens with zero attached hydrogens (tertiary/aromatic N) is 3. The molecule has 0 saturated heterocycles. The van der Waals surface area contributed by atoms with Crippen LogP contribution in [0.4, 0.5) is 0 Å². The molecule has 0 aliphatic carbocycles. The van der Waals surface area contributed by atoms with Gasteiger partial charge < -0.3 is 9.30 Å². The predicted octanol–water partition coefficient (Wildman–Crippen LogP) is 4.09. The van der Waals surface area contributed by atoms with E-state index in [1.54, 1.807) is 54.9 Å². The van der Waals surface area contributed by atoms with Gasteiger partial charge in [-0.3, -0.25) is 4.79 Å². The third-order valence-corrected chi connectivity index (χ3v) is 7.45. The molecule has 33 heavy (non-hydrogen) atoms. The van der Waals surface area contributed by atoms with Crippen LogP contribution in [0, 0.1) is 0 Å². The van der Waals surface area contributed by atoms with Crippen LogP contribution in [0.5, 0.6) is 0 Å². The first-order chi connectivity index (χ1) is 15.8. The zero-order valence-corrected chi connectivity index (χ0v) is 19.6. The quantitative estimate of drug-likeness (QED) is 0.351. The molecule has 0 unspecified atom stereocenters. The van der Waals surface area contributed by atoms with Gasteiger partial charge in [-0.1, -0.05) is 24.3 Å². The highest BCUT2D eigenvalue weighted by Crippen LogP contribution is 2.22. The number of benzene rings is 2. The van der Waals surface area contributed by atoms with Gasteiger partial charge in [0.1, 0.15) is 5.65 Å².